The molecule has 0 bridgehead atoms. The van der Waals surface area contributed by atoms with Gasteiger partial charge < -0.3 is 48.4 Å². The van der Waals surface area contributed by atoms with Crippen molar-refractivity contribution in [1.29, 1.82) is 0 Å². The van der Waals surface area contributed by atoms with E-state index >= 15 is 0 Å². The summed E-state index contributed by atoms with van der Waals surface area (Å²) in [6.07, 6.45) is 3.93. The first-order valence-electron chi connectivity index (χ1n) is 19.0. The van der Waals surface area contributed by atoms with E-state index < -0.39 is 11.9 Å². The maximum atomic E-state index is 14.0. The smallest absolute Gasteiger partial charge is 0.328 e. The van der Waals surface area contributed by atoms with Gasteiger partial charge in [0.1, 0.15) is 0 Å². The van der Waals surface area contributed by atoms with Gasteiger partial charge in [-0.15, -0.1) is 0 Å². The normalized spacial score (nSPS) is 17.3. The molecular formula is C42H52ClN5O9. The van der Waals surface area contributed by atoms with Crippen LogP contribution in [0.2, 0.25) is 5.02 Å². The van der Waals surface area contributed by atoms with E-state index in [9.17, 15) is 14.4 Å². The lowest BCUT2D eigenvalue weighted by Crippen LogP contribution is -2.39. The topological polar surface area (TPSA) is 156 Å². The highest BCUT2D eigenvalue weighted by molar-refractivity contribution is 6.30. The lowest BCUT2D eigenvalue weighted by atomic mass is 9.76. The Bertz CT molecular complexity index is 2000. The number of aromatic nitrogens is 2. The van der Waals surface area contributed by atoms with Crippen molar-refractivity contribution >= 4 is 46.4 Å². The molecule has 0 saturated carbocycles. The molecule has 14 nitrogen and oxygen atoms in total. The zero-order valence-electron chi connectivity index (χ0n) is 33.0. The summed E-state index contributed by atoms with van der Waals surface area (Å²) in [4.78, 5) is 45.1. The van der Waals surface area contributed by atoms with Gasteiger partial charge in [-0.3, -0.25) is 4.79 Å². The predicted molar refractivity (Wildman–Crippen MR) is 218 cm³/mol. The molecule has 1 unspecified atom stereocenters. The summed E-state index contributed by atoms with van der Waals surface area (Å²) in [5, 5.41) is 16.3. The number of ether oxygens (including phenoxy) is 4. The number of carboxylic acid groups (broad SMARTS) is 2. The highest BCUT2D eigenvalue weighted by Crippen LogP contribution is 2.42. The van der Waals surface area contributed by atoms with Gasteiger partial charge in [-0.05, 0) is 81.2 Å². The van der Waals surface area contributed by atoms with Crippen LogP contribution >= 0.6 is 11.6 Å². The molecule has 3 aromatic carbocycles. The lowest BCUT2D eigenvalue weighted by Gasteiger charge is -2.33. The summed E-state index contributed by atoms with van der Waals surface area (Å²) in [6.45, 7) is 10.1. The van der Waals surface area contributed by atoms with E-state index in [-0.39, 0.29) is 11.3 Å². The third-order valence-corrected chi connectivity index (χ3v) is 10.7. The highest BCUT2D eigenvalue weighted by atomic mass is 35.5. The second kappa shape index (κ2) is 20.2. The third-order valence-electron chi connectivity index (χ3n) is 10.4. The summed E-state index contributed by atoms with van der Waals surface area (Å²) < 4.78 is 24.6. The average Bonchev–Trinajstić information content (AvgIpc) is 3.73. The number of amides is 1. The van der Waals surface area contributed by atoms with Crippen molar-refractivity contribution in [3.8, 4) is 17.2 Å². The van der Waals surface area contributed by atoms with Gasteiger partial charge in [0.05, 0.1) is 39.0 Å². The van der Waals surface area contributed by atoms with Crippen molar-refractivity contribution in [2.24, 2.45) is 0 Å². The molecule has 6 rings (SSSR count). The monoisotopic (exact) mass is 805 g/mol. The van der Waals surface area contributed by atoms with Crippen LogP contribution in [-0.4, -0.2) is 128 Å². The molecule has 1 atom stereocenters. The van der Waals surface area contributed by atoms with Crippen molar-refractivity contribution in [3.63, 3.8) is 0 Å². The van der Waals surface area contributed by atoms with Gasteiger partial charge in [-0.2, -0.15) is 0 Å². The van der Waals surface area contributed by atoms with E-state index in [2.05, 4.69) is 44.7 Å². The minimum absolute atomic E-state index is 0.0548. The molecule has 0 aliphatic carbocycles. The number of hydrogen-bond acceptors (Lipinski definition) is 10. The van der Waals surface area contributed by atoms with Crippen molar-refractivity contribution < 1.29 is 43.5 Å². The molecule has 0 spiro atoms. The van der Waals surface area contributed by atoms with Gasteiger partial charge in [-0.25, -0.2) is 14.6 Å². The maximum absolute atomic E-state index is 14.0. The van der Waals surface area contributed by atoms with Crippen LogP contribution in [0.25, 0.3) is 11.0 Å². The highest BCUT2D eigenvalue weighted by Gasteiger charge is 2.42. The van der Waals surface area contributed by atoms with Crippen molar-refractivity contribution in [3.05, 3.63) is 89.0 Å². The standard InChI is InChI=1S/C38H48ClN5O5.C4H4O4/c1-5-49-23-22-44-32-13-7-6-12-31(32)40-37(44)42-17-9-16-41(20-21-42)18-14-38(29-10-8-11-30(39)26-29)15-19-43(27-38)36(45)28-24-33(46-2)35(48-4)34(25-28)47-3;5-3(6)1-2-4(7)8/h6-8,10-13,24-26H,5,9,14-23,27H2,1-4H3;1-2H,(H,5,6)(H,7,8)/b;2-1+. The van der Waals surface area contributed by atoms with Gasteiger partial charge in [-0.1, -0.05) is 35.9 Å². The molecule has 0 radical (unpaired) electrons. The first-order chi connectivity index (χ1) is 27.5. The van der Waals surface area contributed by atoms with E-state index in [4.69, 9.17) is 45.7 Å². The number of methoxy groups -OCH3 is 3. The number of hydrogen-bond donors (Lipinski definition) is 2. The predicted octanol–water partition coefficient (Wildman–Crippen LogP) is 5.85. The Hall–Kier alpha value is -5.31. The summed E-state index contributed by atoms with van der Waals surface area (Å²) in [7, 11) is 4.68. The number of aliphatic carboxylic acids is 2. The fourth-order valence-electron chi connectivity index (χ4n) is 7.57. The molecule has 2 fully saturated rings. The third kappa shape index (κ3) is 10.8. The number of imidazole rings is 1. The summed E-state index contributed by atoms with van der Waals surface area (Å²) >= 11 is 6.55. The number of anilines is 1. The molecule has 2 N–H and O–H groups in total. The van der Waals surface area contributed by atoms with Crippen LogP contribution in [0, 0.1) is 0 Å². The molecule has 1 amide bonds. The number of carbonyl (C=O) groups is 3. The Morgan fingerprint density at radius 2 is 1.58 bits per heavy atom. The summed E-state index contributed by atoms with van der Waals surface area (Å²) in [5.41, 5.74) is 3.63. The van der Waals surface area contributed by atoms with Gasteiger partial charge >= 0.3 is 11.9 Å². The molecule has 2 aliphatic rings. The number of nitrogens with zero attached hydrogens (tertiary/aromatic N) is 5. The zero-order chi connectivity index (χ0) is 41.0. The number of fused-ring (bicyclic) bond motifs is 1. The van der Waals surface area contributed by atoms with Crippen LogP contribution in [0.15, 0.2) is 72.8 Å². The maximum Gasteiger partial charge on any atom is 0.328 e. The number of benzene rings is 3. The molecule has 4 aromatic rings. The van der Waals surface area contributed by atoms with Crippen molar-refractivity contribution in [1.82, 2.24) is 19.4 Å². The number of halogens is 1. The molecule has 15 heteroatoms. The minimum Gasteiger partial charge on any atom is -0.493 e. The second-order valence-corrected chi connectivity index (χ2v) is 14.3. The zero-order valence-corrected chi connectivity index (χ0v) is 33.7. The van der Waals surface area contributed by atoms with Gasteiger partial charge in [0.25, 0.3) is 5.91 Å². The van der Waals surface area contributed by atoms with Gasteiger partial charge in [0.2, 0.25) is 11.7 Å². The number of carbonyl (C=O) groups excluding carboxylic acids is 1. The fourth-order valence-corrected chi connectivity index (χ4v) is 7.76. The largest absolute Gasteiger partial charge is 0.493 e. The molecule has 1 aromatic heterocycles. The Kier molecular flexibility index (Phi) is 15.2. The Labute approximate surface area is 338 Å². The first kappa shape index (κ1) is 42.8. The molecule has 306 valence electrons. The summed E-state index contributed by atoms with van der Waals surface area (Å²) in [5.74, 6) is -0.151. The van der Waals surface area contributed by atoms with Crippen LogP contribution in [-0.2, 0) is 26.3 Å². The minimum atomic E-state index is -1.26. The Morgan fingerprint density at radius 3 is 2.23 bits per heavy atom. The molecule has 57 heavy (non-hydrogen) atoms. The van der Waals surface area contributed by atoms with Crippen LogP contribution in [0.5, 0.6) is 17.2 Å². The Morgan fingerprint density at radius 1 is 0.860 bits per heavy atom. The SMILES string of the molecule is CCOCCn1c(N2CCCN(CCC3(c4cccc(Cl)c4)CCN(C(=O)c4cc(OC)c(OC)c(OC)c4)C3)CC2)nc2ccccc21.O=C(O)/C=C/C(=O)O. The number of para-hydroxylation sites is 2. The fraction of sp³-hybridized carbons (Fsp3) is 0.429. The van der Waals surface area contributed by atoms with Crippen LogP contribution in [0.3, 0.4) is 0 Å². The van der Waals surface area contributed by atoms with E-state index in [1.54, 1.807) is 33.5 Å². The molecule has 2 saturated heterocycles. The average molecular weight is 806 g/mol. The van der Waals surface area contributed by atoms with Crippen molar-refractivity contribution in [2.75, 3.05) is 85.3 Å². The van der Waals surface area contributed by atoms with E-state index in [0.717, 1.165) is 75.5 Å². The summed E-state index contributed by atoms with van der Waals surface area (Å²) in [6, 6.07) is 20.0. The van der Waals surface area contributed by atoms with Crippen LogP contribution in [0.4, 0.5) is 5.95 Å². The van der Waals surface area contributed by atoms with E-state index in [1.807, 2.05) is 30.0 Å². The number of rotatable bonds is 15. The number of carboxylic acids is 2. The quantitative estimate of drug-likeness (QED) is 0.109. The molecule has 2 aliphatic heterocycles. The lowest BCUT2D eigenvalue weighted by molar-refractivity contribution is -0.134. The first-order valence-corrected chi connectivity index (χ1v) is 19.4. The van der Waals surface area contributed by atoms with Gasteiger partial charge in [0.15, 0.2) is 11.5 Å². The van der Waals surface area contributed by atoms with Crippen molar-refractivity contribution in [2.45, 2.75) is 38.1 Å². The van der Waals surface area contributed by atoms with E-state index in [0.29, 0.717) is 66.3 Å². The molecular weight excluding hydrogens is 754 g/mol. The van der Waals surface area contributed by atoms with Crippen LogP contribution < -0.4 is 19.1 Å². The van der Waals surface area contributed by atoms with Gasteiger partial charge in [0, 0.05) is 74.0 Å². The molecule has 3 heterocycles. The Balaban J connectivity index is 0.000000701. The second-order valence-electron chi connectivity index (χ2n) is 13.9. The van der Waals surface area contributed by atoms with Crippen LogP contribution in [0.1, 0.15) is 42.1 Å². The van der Waals surface area contributed by atoms with E-state index in [1.165, 1.54) is 5.56 Å². The number of likely N-dealkylation sites (tertiary alicyclic amines) is 1.